The molecule has 1 heterocycles. The van der Waals surface area contributed by atoms with Gasteiger partial charge in [-0.05, 0) is 110 Å². The van der Waals surface area contributed by atoms with Crippen molar-refractivity contribution in [1.82, 2.24) is 10.2 Å². The zero-order valence-corrected chi connectivity index (χ0v) is 39.2. The number of carbonyl (C=O) groups excluding carboxylic acids is 2. The molecular weight excluding hydrogens is 847 g/mol. The highest BCUT2D eigenvalue weighted by atomic mass is 16.7. The Morgan fingerprint density at radius 3 is 2.42 bits per heavy atom. The fourth-order valence-corrected chi connectivity index (χ4v) is 10.0. The lowest BCUT2D eigenvalue weighted by Crippen LogP contribution is -2.70. The molecule has 2 aliphatic carbocycles. The molecule has 1 fully saturated rings. The van der Waals surface area contributed by atoms with Crippen molar-refractivity contribution in [3.8, 4) is 11.5 Å². The van der Waals surface area contributed by atoms with E-state index in [1.165, 1.54) is 0 Å². The molecule has 67 heavy (non-hydrogen) atoms. The number of amides is 2. The van der Waals surface area contributed by atoms with E-state index in [2.05, 4.69) is 42.7 Å². The maximum Gasteiger partial charge on any atom is 0.412 e. The average Bonchev–Trinajstić information content (AvgIpc) is 3.32. The molecule has 12 heteroatoms. The molecule has 4 aromatic carbocycles. The first-order valence-electron chi connectivity index (χ1n) is 23.8. The van der Waals surface area contributed by atoms with E-state index in [0.29, 0.717) is 43.0 Å². The smallest absolute Gasteiger partial charge is 0.412 e. The predicted molar refractivity (Wildman–Crippen MR) is 261 cm³/mol. The molecule has 0 radical (unpaired) electrons. The first-order valence-corrected chi connectivity index (χ1v) is 23.8. The summed E-state index contributed by atoms with van der Waals surface area (Å²) >= 11 is 0. The van der Waals surface area contributed by atoms with Crippen molar-refractivity contribution in [2.45, 2.75) is 109 Å². The van der Waals surface area contributed by atoms with Crippen molar-refractivity contribution in [3.63, 3.8) is 0 Å². The minimum atomic E-state index is -1.53. The third-order valence-electron chi connectivity index (χ3n) is 12.9. The molecule has 4 aromatic rings. The number of allylic oxidation sites excluding steroid dienone is 1. The molecular formula is C55H67N3O9. The van der Waals surface area contributed by atoms with Crippen molar-refractivity contribution in [2.24, 2.45) is 22.9 Å². The fraction of sp³-hybridized carbons (Fsp3) is 0.436. The first-order chi connectivity index (χ1) is 32.5. The lowest BCUT2D eigenvalue weighted by Gasteiger charge is -2.60. The number of carbonyl (C=O) groups is 2. The zero-order chi connectivity index (χ0) is 47.4. The summed E-state index contributed by atoms with van der Waals surface area (Å²) in [6.45, 7) is 14.6. The van der Waals surface area contributed by atoms with Gasteiger partial charge in [0.25, 0.3) is 0 Å². The molecule has 1 saturated carbocycles. The van der Waals surface area contributed by atoms with Crippen LogP contribution in [0.15, 0.2) is 133 Å². The second kappa shape index (κ2) is 22.7. The lowest BCUT2D eigenvalue weighted by molar-refractivity contribution is -0.256. The SMILES string of the molecule is C=CCCOC(=O)N(Cc1cccc2ccccc12)C1CC(=NOC(C)(C)C)C2=CC(CCCCO)C(CCCCO)C3c4cc(OC(=O)NCc5ccccc5)ccc4OC1(OCC=C)C23. The van der Waals surface area contributed by atoms with Crippen molar-refractivity contribution in [2.75, 3.05) is 26.4 Å². The number of oxime groups is 1. The number of hydrogen-bond acceptors (Lipinski definition) is 10. The predicted octanol–water partition coefficient (Wildman–Crippen LogP) is 10.8. The van der Waals surface area contributed by atoms with Crippen LogP contribution in [0.5, 0.6) is 11.5 Å². The number of hydrogen-bond donors (Lipinski definition) is 3. The Kier molecular flexibility index (Phi) is 16.6. The van der Waals surface area contributed by atoms with Gasteiger partial charge in [-0.2, -0.15) is 0 Å². The summed E-state index contributed by atoms with van der Waals surface area (Å²) in [5.74, 6) is -1.59. The molecule has 3 N–H and O–H groups in total. The molecule has 6 unspecified atom stereocenters. The highest BCUT2D eigenvalue weighted by Crippen LogP contribution is 2.62. The normalized spacial score (nSPS) is 22.4. The minimum Gasteiger partial charge on any atom is -0.459 e. The molecule has 6 atom stereocenters. The van der Waals surface area contributed by atoms with Crippen LogP contribution in [0, 0.1) is 17.8 Å². The number of rotatable bonds is 21. The third-order valence-corrected chi connectivity index (χ3v) is 12.9. The van der Waals surface area contributed by atoms with Gasteiger partial charge in [-0.25, -0.2) is 9.59 Å². The van der Waals surface area contributed by atoms with Crippen LogP contribution in [0.4, 0.5) is 9.59 Å². The van der Waals surface area contributed by atoms with E-state index in [-0.39, 0.29) is 57.1 Å². The first kappa shape index (κ1) is 49.0. The highest BCUT2D eigenvalue weighted by molar-refractivity contribution is 6.03. The Balaban J connectivity index is 1.44. The Labute approximate surface area is 395 Å². The number of benzene rings is 4. The van der Waals surface area contributed by atoms with Gasteiger partial charge in [0, 0.05) is 37.7 Å². The van der Waals surface area contributed by atoms with Crippen LogP contribution < -0.4 is 14.8 Å². The van der Waals surface area contributed by atoms with E-state index in [9.17, 15) is 19.8 Å². The third kappa shape index (κ3) is 11.6. The van der Waals surface area contributed by atoms with Crippen molar-refractivity contribution < 1.29 is 43.6 Å². The maximum atomic E-state index is 14.9. The van der Waals surface area contributed by atoms with Gasteiger partial charge in [-0.1, -0.05) is 109 Å². The Morgan fingerprint density at radius 2 is 1.67 bits per heavy atom. The fourth-order valence-electron chi connectivity index (χ4n) is 10.0. The van der Waals surface area contributed by atoms with E-state index >= 15 is 0 Å². The van der Waals surface area contributed by atoms with Gasteiger partial charge < -0.3 is 39.3 Å². The van der Waals surface area contributed by atoms with Gasteiger partial charge in [0.05, 0.1) is 31.4 Å². The monoisotopic (exact) mass is 913 g/mol. The van der Waals surface area contributed by atoms with E-state index in [1.807, 2.05) is 87.5 Å². The summed E-state index contributed by atoms with van der Waals surface area (Å²) in [6.07, 6.45) is 9.56. The van der Waals surface area contributed by atoms with Gasteiger partial charge in [0.2, 0.25) is 5.79 Å². The maximum absolute atomic E-state index is 14.9. The minimum absolute atomic E-state index is 0.00957. The number of aliphatic hydroxyl groups is 2. The van der Waals surface area contributed by atoms with Gasteiger partial charge in [0.15, 0.2) is 0 Å². The highest BCUT2D eigenvalue weighted by Gasteiger charge is 2.66. The molecule has 12 nitrogen and oxygen atoms in total. The van der Waals surface area contributed by atoms with E-state index in [0.717, 1.165) is 58.7 Å². The molecule has 1 aliphatic heterocycles. The molecule has 0 saturated heterocycles. The van der Waals surface area contributed by atoms with E-state index in [4.69, 9.17) is 28.9 Å². The second-order valence-corrected chi connectivity index (χ2v) is 18.7. The molecule has 3 aliphatic rings. The average molecular weight is 914 g/mol. The number of ether oxygens (including phenoxy) is 4. The molecule has 0 bridgehead atoms. The summed E-state index contributed by atoms with van der Waals surface area (Å²) in [5.41, 5.74) is 3.59. The summed E-state index contributed by atoms with van der Waals surface area (Å²) in [5, 5.41) is 29.9. The zero-order valence-electron chi connectivity index (χ0n) is 39.2. The van der Waals surface area contributed by atoms with Gasteiger partial charge in [-0.3, -0.25) is 4.90 Å². The number of nitrogens with one attached hydrogen (secondary N) is 1. The summed E-state index contributed by atoms with van der Waals surface area (Å²) in [4.78, 5) is 36.4. The molecule has 0 spiro atoms. The standard InChI is InChI=1S/C55H67N3O9/c1-6-8-32-63-53(62)58(37-41-24-18-23-39-21-12-13-25-43(39)41)49-35-47(57-67-54(3,4)5)45-33-40(22-14-16-29-59)44(26-15-17-30-60)50-46-34-42(65-52(61)56-36-38-19-10-9-11-20-38)27-28-48(46)66-55(49,51(45)50)64-31-7-2/h6-7,9-13,18-21,23-25,27-28,33-34,40,44,49-51,59-60H,1-2,8,14-17,22,26,29-32,35-37H2,3-5H3,(H,56,61). The summed E-state index contributed by atoms with van der Waals surface area (Å²) in [6, 6.07) is 28.4. The quantitative estimate of drug-likeness (QED) is 0.0422. The van der Waals surface area contributed by atoms with Gasteiger partial charge in [0.1, 0.15) is 23.1 Å². The van der Waals surface area contributed by atoms with Crippen molar-refractivity contribution in [1.29, 1.82) is 0 Å². The van der Waals surface area contributed by atoms with E-state index < -0.39 is 35.5 Å². The second-order valence-electron chi connectivity index (χ2n) is 18.7. The summed E-state index contributed by atoms with van der Waals surface area (Å²) in [7, 11) is 0. The van der Waals surface area contributed by atoms with Crippen LogP contribution in [0.25, 0.3) is 10.8 Å². The van der Waals surface area contributed by atoms with Crippen molar-refractivity contribution >= 4 is 28.7 Å². The molecule has 7 rings (SSSR count). The molecule has 0 aromatic heterocycles. The van der Waals surface area contributed by atoms with Crippen LogP contribution in [0.2, 0.25) is 0 Å². The van der Waals surface area contributed by atoms with Crippen LogP contribution in [-0.2, 0) is 27.4 Å². The van der Waals surface area contributed by atoms with E-state index in [1.54, 1.807) is 23.1 Å². The Hall–Kier alpha value is -5.95. The topological polar surface area (TPSA) is 148 Å². The Morgan fingerprint density at radius 1 is 0.925 bits per heavy atom. The number of aliphatic hydroxyl groups excluding tert-OH is 2. The molecule has 2 amide bonds. The van der Waals surface area contributed by atoms with Gasteiger partial charge in [-0.15, -0.1) is 13.2 Å². The largest absolute Gasteiger partial charge is 0.459 e. The van der Waals surface area contributed by atoms with Crippen LogP contribution in [0.3, 0.4) is 0 Å². The van der Waals surface area contributed by atoms with Crippen molar-refractivity contribution in [3.05, 3.63) is 145 Å². The summed E-state index contributed by atoms with van der Waals surface area (Å²) < 4.78 is 26.7. The lowest BCUT2D eigenvalue weighted by atomic mass is 9.55. The van der Waals surface area contributed by atoms with Crippen LogP contribution in [0.1, 0.15) is 94.7 Å². The van der Waals surface area contributed by atoms with Crippen LogP contribution in [-0.4, -0.2) is 76.9 Å². The number of fused-ring (bicyclic) bond motifs is 3. The van der Waals surface area contributed by atoms with Crippen LogP contribution >= 0.6 is 0 Å². The Bertz CT molecular complexity index is 2390. The number of unbranched alkanes of at least 4 members (excludes halogenated alkanes) is 2. The molecule has 356 valence electrons. The number of nitrogens with zero attached hydrogens (tertiary/aromatic N) is 2. The van der Waals surface area contributed by atoms with Gasteiger partial charge >= 0.3 is 12.2 Å².